The number of amides is 1. The number of ether oxygens (including phenoxy) is 1. The molecule has 2 heterocycles. The van der Waals surface area contributed by atoms with Gasteiger partial charge in [-0.2, -0.15) is 0 Å². The molecule has 0 unspecified atom stereocenters. The highest BCUT2D eigenvalue weighted by molar-refractivity contribution is 5.94. The van der Waals surface area contributed by atoms with E-state index in [2.05, 4.69) is 15.5 Å². The Hall–Kier alpha value is -3.33. The monoisotopic (exact) mass is 441 g/mol. The minimum absolute atomic E-state index is 0.0734. The summed E-state index contributed by atoms with van der Waals surface area (Å²) in [5.74, 6) is 0.729. The number of fused-ring (bicyclic) bond motifs is 1. The van der Waals surface area contributed by atoms with Crippen LogP contribution >= 0.6 is 0 Å². The smallest absolute Gasteiger partial charge is 0.251 e. The maximum absolute atomic E-state index is 14.0. The first-order chi connectivity index (χ1) is 15.5. The van der Waals surface area contributed by atoms with Crippen LogP contribution in [0.2, 0.25) is 0 Å². The Morgan fingerprint density at radius 2 is 1.88 bits per heavy atom. The fraction of sp³-hybridized carbons (Fsp3) is 0.348. The highest BCUT2D eigenvalue weighted by Gasteiger charge is 2.24. The minimum Gasteiger partial charge on any atom is -0.497 e. The zero-order valence-electron chi connectivity index (χ0n) is 18.0. The Bertz CT molecular complexity index is 1100. The summed E-state index contributed by atoms with van der Waals surface area (Å²) in [7, 11) is 1.55. The van der Waals surface area contributed by atoms with E-state index in [1.165, 1.54) is 18.2 Å². The van der Waals surface area contributed by atoms with Crippen molar-refractivity contribution in [1.82, 2.24) is 25.0 Å². The van der Waals surface area contributed by atoms with Crippen molar-refractivity contribution in [3.63, 3.8) is 0 Å². The van der Waals surface area contributed by atoms with Crippen molar-refractivity contribution in [3.8, 4) is 5.75 Å². The van der Waals surface area contributed by atoms with Crippen molar-refractivity contribution >= 4 is 5.91 Å². The summed E-state index contributed by atoms with van der Waals surface area (Å²) in [6, 6.07) is 10.5. The van der Waals surface area contributed by atoms with Gasteiger partial charge >= 0.3 is 0 Å². The van der Waals surface area contributed by atoms with Crippen LogP contribution in [0, 0.1) is 11.6 Å². The van der Waals surface area contributed by atoms with E-state index in [1.54, 1.807) is 31.4 Å². The van der Waals surface area contributed by atoms with Gasteiger partial charge in [0.2, 0.25) is 0 Å². The van der Waals surface area contributed by atoms with Crippen molar-refractivity contribution in [3.05, 3.63) is 76.9 Å². The van der Waals surface area contributed by atoms with Crippen LogP contribution in [-0.2, 0) is 19.5 Å². The highest BCUT2D eigenvalue weighted by Crippen LogP contribution is 2.20. The molecular weight excluding hydrogens is 416 g/mol. The summed E-state index contributed by atoms with van der Waals surface area (Å²) in [5.41, 5.74) is 0.564. The lowest BCUT2D eigenvalue weighted by Crippen LogP contribution is -2.30. The number of nitrogens with one attached hydrogen (secondary N) is 1. The fourth-order valence-electron chi connectivity index (χ4n) is 3.88. The van der Waals surface area contributed by atoms with Gasteiger partial charge in [-0.1, -0.05) is 12.1 Å². The molecule has 0 fully saturated rings. The van der Waals surface area contributed by atoms with E-state index >= 15 is 0 Å². The zero-order valence-corrected chi connectivity index (χ0v) is 18.0. The molecule has 0 bridgehead atoms. The van der Waals surface area contributed by atoms with Gasteiger partial charge in [0.15, 0.2) is 5.82 Å². The maximum atomic E-state index is 14.0. The molecule has 1 aliphatic rings. The van der Waals surface area contributed by atoms with Gasteiger partial charge in [0.05, 0.1) is 13.2 Å². The molecule has 0 spiro atoms. The maximum Gasteiger partial charge on any atom is 0.251 e. The lowest BCUT2D eigenvalue weighted by atomic mass is 10.2. The Morgan fingerprint density at radius 1 is 1.12 bits per heavy atom. The Kier molecular flexibility index (Phi) is 6.45. The zero-order chi connectivity index (χ0) is 22.7. The molecule has 3 aromatic rings. The van der Waals surface area contributed by atoms with E-state index in [0.29, 0.717) is 43.2 Å². The van der Waals surface area contributed by atoms with Gasteiger partial charge in [0.1, 0.15) is 23.2 Å². The second kappa shape index (κ2) is 9.44. The average Bonchev–Trinajstić information content (AvgIpc) is 3.10. The van der Waals surface area contributed by atoms with Gasteiger partial charge in [-0.15, -0.1) is 10.2 Å². The van der Waals surface area contributed by atoms with Crippen molar-refractivity contribution in [2.75, 3.05) is 20.2 Å². The molecule has 168 valence electrons. The standard InChI is InChI=1S/C23H25F2N5O2/c1-15(26-23(31)16-5-3-6-17(13-16)32-2)22-28-27-21-9-10-29(11-12-30(21)22)14-18-19(24)7-4-8-20(18)25/h3-8,13,15H,9-12,14H2,1-2H3,(H,26,31)/t15-/m1/s1. The molecule has 7 nitrogen and oxygen atoms in total. The lowest BCUT2D eigenvalue weighted by Gasteiger charge is -2.20. The fourth-order valence-corrected chi connectivity index (χ4v) is 3.88. The molecule has 1 atom stereocenters. The first-order valence-electron chi connectivity index (χ1n) is 10.5. The third-order valence-electron chi connectivity index (χ3n) is 5.66. The number of hydrogen-bond donors (Lipinski definition) is 1. The van der Waals surface area contributed by atoms with Crippen LogP contribution in [0.1, 0.15) is 40.5 Å². The highest BCUT2D eigenvalue weighted by atomic mass is 19.1. The minimum atomic E-state index is -0.539. The first-order valence-corrected chi connectivity index (χ1v) is 10.5. The molecule has 0 aliphatic carbocycles. The number of rotatable bonds is 6. The van der Waals surface area contributed by atoms with Gasteiger partial charge in [-0.25, -0.2) is 8.78 Å². The molecule has 2 aromatic carbocycles. The van der Waals surface area contributed by atoms with E-state index in [9.17, 15) is 13.6 Å². The van der Waals surface area contributed by atoms with Crippen LogP contribution in [0.3, 0.4) is 0 Å². The average molecular weight is 441 g/mol. The summed E-state index contributed by atoms with van der Waals surface area (Å²) in [6.45, 7) is 3.80. The number of nitrogens with zero attached hydrogens (tertiary/aromatic N) is 4. The second-order valence-electron chi connectivity index (χ2n) is 7.78. The molecular formula is C23H25F2N5O2. The number of methoxy groups -OCH3 is 1. The van der Waals surface area contributed by atoms with Crippen LogP contribution in [0.4, 0.5) is 8.78 Å². The molecule has 9 heteroatoms. The predicted molar refractivity (Wildman–Crippen MR) is 114 cm³/mol. The number of carbonyl (C=O) groups is 1. The van der Waals surface area contributed by atoms with E-state index in [-0.39, 0.29) is 24.1 Å². The van der Waals surface area contributed by atoms with Crippen molar-refractivity contribution in [2.45, 2.75) is 32.5 Å². The first kappa shape index (κ1) is 21.9. The number of aromatic nitrogens is 3. The van der Waals surface area contributed by atoms with Gasteiger partial charge in [-0.05, 0) is 37.3 Å². The molecule has 32 heavy (non-hydrogen) atoms. The van der Waals surface area contributed by atoms with E-state index < -0.39 is 11.6 Å². The van der Waals surface area contributed by atoms with Gasteiger partial charge in [0.25, 0.3) is 5.91 Å². The van der Waals surface area contributed by atoms with E-state index in [4.69, 9.17) is 4.74 Å². The molecule has 1 amide bonds. The summed E-state index contributed by atoms with van der Waals surface area (Å²) in [6.07, 6.45) is 0.597. The molecule has 0 radical (unpaired) electrons. The predicted octanol–water partition coefficient (Wildman–Crippen LogP) is 3.11. The van der Waals surface area contributed by atoms with Gasteiger partial charge in [0, 0.05) is 43.7 Å². The van der Waals surface area contributed by atoms with Crippen LogP contribution in [-0.4, -0.2) is 45.8 Å². The molecule has 4 rings (SSSR count). The third kappa shape index (κ3) is 4.62. The third-order valence-corrected chi connectivity index (χ3v) is 5.66. The van der Waals surface area contributed by atoms with Crippen LogP contribution < -0.4 is 10.1 Å². The number of hydrogen-bond acceptors (Lipinski definition) is 5. The Balaban J connectivity index is 1.44. The number of halogens is 2. The summed E-state index contributed by atoms with van der Waals surface area (Å²) in [4.78, 5) is 14.7. The van der Waals surface area contributed by atoms with E-state index in [1.807, 2.05) is 16.4 Å². The Labute approximate surface area is 185 Å². The summed E-state index contributed by atoms with van der Waals surface area (Å²) in [5, 5.41) is 11.5. The molecule has 1 N–H and O–H groups in total. The normalized spacial score (nSPS) is 15.0. The van der Waals surface area contributed by atoms with Crippen molar-refractivity contribution in [1.29, 1.82) is 0 Å². The molecule has 1 aliphatic heterocycles. The summed E-state index contributed by atoms with van der Waals surface area (Å²) >= 11 is 0. The van der Waals surface area contributed by atoms with Crippen molar-refractivity contribution < 1.29 is 18.3 Å². The van der Waals surface area contributed by atoms with Gasteiger partial charge in [-0.3, -0.25) is 9.69 Å². The molecule has 0 saturated carbocycles. The molecule has 1 aromatic heterocycles. The Morgan fingerprint density at radius 3 is 2.62 bits per heavy atom. The molecule has 0 saturated heterocycles. The summed E-state index contributed by atoms with van der Waals surface area (Å²) < 4.78 is 35.3. The van der Waals surface area contributed by atoms with Crippen LogP contribution in [0.25, 0.3) is 0 Å². The van der Waals surface area contributed by atoms with Crippen LogP contribution in [0.5, 0.6) is 5.75 Å². The topological polar surface area (TPSA) is 72.3 Å². The number of carbonyl (C=O) groups excluding carboxylic acids is 1. The SMILES string of the molecule is COc1cccc(C(=O)N[C@H](C)c2nnc3n2CCN(Cc2c(F)cccc2F)CC3)c1. The lowest BCUT2D eigenvalue weighted by molar-refractivity contribution is 0.0937. The van der Waals surface area contributed by atoms with Crippen LogP contribution in [0.15, 0.2) is 42.5 Å². The number of benzene rings is 2. The van der Waals surface area contributed by atoms with Crippen molar-refractivity contribution in [2.24, 2.45) is 0 Å². The van der Waals surface area contributed by atoms with Gasteiger partial charge < -0.3 is 14.6 Å². The largest absolute Gasteiger partial charge is 0.497 e. The second-order valence-corrected chi connectivity index (χ2v) is 7.78. The quantitative estimate of drug-likeness (QED) is 0.637. The van der Waals surface area contributed by atoms with E-state index in [0.717, 1.165) is 5.82 Å².